The van der Waals surface area contributed by atoms with Crippen LogP contribution < -0.4 is 11.1 Å². The summed E-state index contributed by atoms with van der Waals surface area (Å²) in [4.78, 5) is 40.6. The quantitative estimate of drug-likeness (QED) is 0.106. The van der Waals surface area contributed by atoms with Gasteiger partial charge in [0.2, 0.25) is 11.8 Å². The van der Waals surface area contributed by atoms with E-state index in [1.54, 1.807) is 0 Å². The number of nitrogens with one attached hydrogen (secondary N) is 1. The minimum absolute atomic E-state index is 0. The lowest BCUT2D eigenvalue weighted by Gasteiger charge is -2.26. The number of alkyl carbamates (subject to hydrolysis) is 1. The van der Waals surface area contributed by atoms with Gasteiger partial charge in [-0.2, -0.15) is 0 Å². The second-order valence-corrected chi connectivity index (χ2v) is 13.8. The molecule has 0 radical (unpaired) electrons. The number of rotatable bonds is 19. The van der Waals surface area contributed by atoms with Crippen molar-refractivity contribution in [2.75, 3.05) is 26.2 Å². The SMILES string of the molecule is C=CCCCCCCCCN1CCCCC(N)C1=O.C=CCCCCCCCCN1CCCCC(NC(=O)OC(C)(C)C)C1=O.Cl. The van der Waals surface area contributed by atoms with Crippen molar-refractivity contribution >= 4 is 30.3 Å². The van der Waals surface area contributed by atoms with Gasteiger partial charge in [0, 0.05) is 26.2 Å². The van der Waals surface area contributed by atoms with E-state index < -0.39 is 17.7 Å². The zero-order valence-electron chi connectivity index (χ0n) is 29.7. The third-order valence-corrected chi connectivity index (χ3v) is 8.47. The molecule has 2 aliphatic heterocycles. The van der Waals surface area contributed by atoms with E-state index in [1.165, 1.54) is 57.8 Å². The lowest BCUT2D eigenvalue weighted by Crippen LogP contribution is -2.48. The first kappa shape index (κ1) is 43.9. The fourth-order valence-corrected chi connectivity index (χ4v) is 5.86. The minimum atomic E-state index is -0.552. The van der Waals surface area contributed by atoms with E-state index in [-0.39, 0.29) is 30.3 Å². The maximum atomic E-state index is 12.7. The number of likely N-dealkylation sites (tertiary alicyclic amines) is 2. The largest absolute Gasteiger partial charge is 0.444 e. The van der Waals surface area contributed by atoms with E-state index in [2.05, 4.69) is 18.5 Å². The Labute approximate surface area is 288 Å². The number of carbonyl (C=O) groups excluding carboxylic acids is 3. The maximum absolute atomic E-state index is 12.7. The van der Waals surface area contributed by atoms with Gasteiger partial charge >= 0.3 is 6.09 Å². The molecule has 46 heavy (non-hydrogen) atoms. The van der Waals surface area contributed by atoms with Crippen LogP contribution in [0.4, 0.5) is 4.79 Å². The van der Waals surface area contributed by atoms with Crippen LogP contribution in [0.5, 0.6) is 0 Å². The van der Waals surface area contributed by atoms with Crippen LogP contribution in [-0.4, -0.2) is 71.6 Å². The van der Waals surface area contributed by atoms with E-state index in [0.29, 0.717) is 6.42 Å². The monoisotopic (exact) mass is 669 g/mol. The third kappa shape index (κ3) is 21.7. The van der Waals surface area contributed by atoms with Crippen LogP contribution in [0, 0.1) is 0 Å². The van der Waals surface area contributed by atoms with E-state index >= 15 is 0 Å². The van der Waals surface area contributed by atoms with Crippen molar-refractivity contribution in [1.82, 2.24) is 15.1 Å². The first-order valence-corrected chi connectivity index (χ1v) is 18.1. The van der Waals surface area contributed by atoms with Crippen molar-refractivity contribution in [3.8, 4) is 0 Å². The molecular weight excluding hydrogens is 600 g/mol. The van der Waals surface area contributed by atoms with Crippen LogP contribution in [0.25, 0.3) is 0 Å². The average molecular weight is 669 g/mol. The van der Waals surface area contributed by atoms with Gasteiger partial charge in [0.1, 0.15) is 11.6 Å². The standard InChI is InChI=1S/C21H38N2O3.C16H30N2O.ClH/c1-5-6-7-8-9-10-11-13-16-23-17-14-12-15-18(19(23)24)22-20(25)26-21(2,3)4;1-2-3-4-5-6-7-8-10-13-18-14-11-9-12-15(17)16(18)19;/h5,18H,1,6-17H2,2-4H3,(H,22,25);2,15H,1,3-14,17H2;1H. The molecule has 268 valence electrons. The molecule has 0 saturated carbocycles. The second kappa shape index (κ2) is 26.9. The lowest BCUT2D eigenvalue weighted by molar-refractivity contribution is -0.133. The molecule has 2 rings (SSSR count). The van der Waals surface area contributed by atoms with Gasteiger partial charge < -0.3 is 25.6 Å². The Hall–Kier alpha value is -2.06. The van der Waals surface area contributed by atoms with Crippen molar-refractivity contribution in [3.05, 3.63) is 25.3 Å². The summed E-state index contributed by atoms with van der Waals surface area (Å²) in [6, 6.07) is -0.701. The summed E-state index contributed by atoms with van der Waals surface area (Å²) in [5.74, 6) is 0.211. The van der Waals surface area contributed by atoms with Crippen LogP contribution in [0.15, 0.2) is 25.3 Å². The Kier molecular flexibility index (Phi) is 25.7. The summed E-state index contributed by atoms with van der Waals surface area (Å²) < 4.78 is 5.29. The summed E-state index contributed by atoms with van der Waals surface area (Å²) >= 11 is 0. The molecule has 2 aliphatic rings. The van der Waals surface area contributed by atoms with Crippen LogP contribution in [0.1, 0.15) is 149 Å². The Bertz CT molecular complexity index is 848. The van der Waals surface area contributed by atoms with Crippen LogP contribution in [0.3, 0.4) is 0 Å². The number of amides is 3. The molecule has 0 bridgehead atoms. The van der Waals surface area contributed by atoms with Crippen molar-refractivity contribution in [2.24, 2.45) is 5.73 Å². The maximum Gasteiger partial charge on any atom is 0.408 e. The number of carbonyl (C=O) groups is 3. The van der Waals surface area contributed by atoms with Gasteiger partial charge in [0.05, 0.1) is 6.04 Å². The van der Waals surface area contributed by atoms with E-state index in [1.807, 2.05) is 42.7 Å². The smallest absolute Gasteiger partial charge is 0.408 e. The Morgan fingerprint density at radius 2 is 1.20 bits per heavy atom. The molecule has 0 aromatic rings. The minimum Gasteiger partial charge on any atom is -0.444 e. The molecule has 8 nitrogen and oxygen atoms in total. The molecule has 3 amide bonds. The van der Waals surface area contributed by atoms with Gasteiger partial charge in [0.25, 0.3) is 0 Å². The average Bonchev–Trinajstić information content (AvgIpc) is 3.26. The van der Waals surface area contributed by atoms with Gasteiger partial charge in [-0.1, -0.05) is 63.5 Å². The summed E-state index contributed by atoms with van der Waals surface area (Å²) in [6.45, 7) is 16.3. The molecule has 3 N–H and O–H groups in total. The Balaban J connectivity index is 0.000000902. The number of halogens is 1. The molecule has 9 heteroatoms. The third-order valence-electron chi connectivity index (χ3n) is 8.47. The van der Waals surface area contributed by atoms with Gasteiger partial charge in [-0.25, -0.2) is 4.79 Å². The van der Waals surface area contributed by atoms with Crippen LogP contribution in [-0.2, 0) is 14.3 Å². The fraction of sp³-hybridized carbons (Fsp3) is 0.811. The number of nitrogens with two attached hydrogens (primary N) is 1. The summed E-state index contributed by atoms with van der Waals surface area (Å²) in [7, 11) is 0. The fourth-order valence-electron chi connectivity index (χ4n) is 5.86. The molecule has 2 saturated heterocycles. The number of hydrogen-bond donors (Lipinski definition) is 2. The van der Waals surface area contributed by atoms with Crippen molar-refractivity contribution in [1.29, 1.82) is 0 Å². The highest BCUT2D eigenvalue weighted by molar-refractivity contribution is 5.86. The number of unbranched alkanes of at least 4 members (excludes halogenated alkanes) is 12. The first-order valence-electron chi connectivity index (χ1n) is 18.1. The number of nitrogens with zero attached hydrogens (tertiary/aromatic N) is 2. The zero-order valence-corrected chi connectivity index (χ0v) is 30.5. The summed E-state index contributed by atoms with van der Waals surface area (Å²) in [5, 5.41) is 2.76. The van der Waals surface area contributed by atoms with Gasteiger partial charge in [-0.05, 0) is 97.8 Å². The van der Waals surface area contributed by atoms with Crippen molar-refractivity contribution in [3.63, 3.8) is 0 Å². The highest BCUT2D eigenvalue weighted by Crippen LogP contribution is 2.16. The van der Waals surface area contributed by atoms with Crippen molar-refractivity contribution in [2.45, 2.75) is 167 Å². The molecule has 0 aliphatic carbocycles. The molecule has 2 heterocycles. The van der Waals surface area contributed by atoms with Crippen molar-refractivity contribution < 1.29 is 19.1 Å². The van der Waals surface area contributed by atoms with Gasteiger partial charge in [-0.3, -0.25) is 9.59 Å². The highest BCUT2D eigenvalue weighted by atomic mass is 35.5. The molecule has 2 atom stereocenters. The van der Waals surface area contributed by atoms with E-state index in [0.717, 1.165) is 90.4 Å². The molecule has 0 aromatic carbocycles. The van der Waals surface area contributed by atoms with E-state index in [4.69, 9.17) is 10.5 Å². The Morgan fingerprint density at radius 1 is 0.761 bits per heavy atom. The lowest BCUT2D eigenvalue weighted by atomic mass is 10.1. The predicted molar refractivity (Wildman–Crippen MR) is 194 cm³/mol. The predicted octanol–water partition coefficient (Wildman–Crippen LogP) is 8.47. The number of ether oxygens (including phenoxy) is 1. The highest BCUT2D eigenvalue weighted by Gasteiger charge is 2.29. The first-order chi connectivity index (χ1) is 21.6. The zero-order chi connectivity index (χ0) is 33.3. The summed E-state index contributed by atoms with van der Waals surface area (Å²) in [5.41, 5.74) is 5.32. The second-order valence-electron chi connectivity index (χ2n) is 13.8. The molecule has 2 fully saturated rings. The topological polar surface area (TPSA) is 105 Å². The molecule has 0 spiro atoms. The molecular formula is C37H69ClN4O4. The number of hydrogen-bond acceptors (Lipinski definition) is 5. The van der Waals surface area contributed by atoms with Gasteiger partial charge in [0.15, 0.2) is 0 Å². The number of allylic oxidation sites excluding steroid dienone is 2. The normalized spacial score (nSPS) is 18.8. The Morgan fingerprint density at radius 3 is 1.67 bits per heavy atom. The molecule has 0 aromatic heterocycles. The van der Waals surface area contributed by atoms with E-state index in [9.17, 15) is 14.4 Å². The van der Waals surface area contributed by atoms with Crippen LogP contribution >= 0.6 is 12.4 Å². The van der Waals surface area contributed by atoms with Crippen LogP contribution in [0.2, 0.25) is 0 Å². The summed E-state index contributed by atoms with van der Waals surface area (Å²) in [6.07, 6.45) is 26.1. The molecule has 2 unspecified atom stereocenters. The van der Waals surface area contributed by atoms with Gasteiger partial charge in [-0.15, -0.1) is 25.6 Å².